The second-order valence-electron chi connectivity index (χ2n) is 6.12. The summed E-state index contributed by atoms with van der Waals surface area (Å²) in [5, 5.41) is 0. The molecule has 2 N–H and O–H groups in total. The van der Waals surface area contributed by atoms with Crippen molar-refractivity contribution in [2.45, 2.75) is 25.6 Å². The summed E-state index contributed by atoms with van der Waals surface area (Å²) >= 11 is 0. The van der Waals surface area contributed by atoms with Crippen LogP contribution in [-0.4, -0.2) is 11.8 Å². The minimum absolute atomic E-state index is 0.206. The van der Waals surface area contributed by atoms with Crippen molar-refractivity contribution in [3.05, 3.63) is 58.7 Å². The average Bonchev–Trinajstić information content (AvgIpc) is 2.96. The predicted molar refractivity (Wildman–Crippen MR) is 83.4 cm³/mol. The van der Waals surface area contributed by atoms with Crippen LogP contribution in [0, 0.1) is 0 Å². The van der Waals surface area contributed by atoms with E-state index in [9.17, 15) is 9.59 Å². The second-order valence-corrected chi connectivity index (χ2v) is 6.12. The van der Waals surface area contributed by atoms with Crippen LogP contribution in [0.25, 0.3) is 0 Å². The molecule has 0 radical (unpaired) electrons. The summed E-state index contributed by atoms with van der Waals surface area (Å²) in [6.07, 6.45) is 0. The lowest BCUT2D eigenvalue weighted by atomic mass is 9.94. The summed E-state index contributed by atoms with van der Waals surface area (Å²) in [6.45, 7) is 4.11. The number of ketones is 1. The molecule has 0 aromatic heterocycles. The van der Waals surface area contributed by atoms with Crippen LogP contribution in [-0.2, 0) is 10.5 Å². The Morgan fingerprint density at radius 1 is 1.09 bits per heavy atom. The van der Waals surface area contributed by atoms with Crippen LogP contribution in [0.2, 0.25) is 0 Å². The molecule has 0 saturated carbocycles. The number of hydrogen-bond acceptors (Lipinski definition) is 5. The smallest absolute Gasteiger partial charge is 0.347 e. The van der Waals surface area contributed by atoms with E-state index in [0.29, 0.717) is 22.8 Å². The number of anilines is 1. The van der Waals surface area contributed by atoms with E-state index >= 15 is 0 Å². The van der Waals surface area contributed by atoms with Crippen molar-refractivity contribution in [3.63, 3.8) is 0 Å². The topological polar surface area (TPSA) is 78.6 Å². The number of nitrogen functional groups attached to an aromatic ring is 1. The quantitative estimate of drug-likeness (QED) is 0.647. The van der Waals surface area contributed by atoms with Crippen LogP contribution in [0.5, 0.6) is 5.75 Å². The van der Waals surface area contributed by atoms with E-state index in [-0.39, 0.29) is 17.0 Å². The molecule has 2 aliphatic heterocycles. The molecule has 4 rings (SSSR count). The van der Waals surface area contributed by atoms with Crippen molar-refractivity contribution in [3.8, 4) is 5.75 Å². The lowest BCUT2D eigenvalue weighted by Crippen LogP contribution is -2.37. The highest BCUT2D eigenvalue weighted by atomic mass is 16.7. The van der Waals surface area contributed by atoms with E-state index in [2.05, 4.69) is 13.8 Å². The van der Waals surface area contributed by atoms with Gasteiger partial charge in [-0.25, -0.2) is 4.79 Å². The molecule has 23 heavy (non-hydrogen) atoms. The van der Waals surface area contributed by atoms with Crippen LogP contribution in [0.1, 0.15) is 51.6 Å². The van der Waals surface area contributed by atoms with Gasteiger partial charge in [-0.05, 0) is 35.7 Å². The van der Waals surface area contributed by atoms with Gasteiger partial charge < -0.3 is 15.2 Å². The summed E-state index contributed by atoms with van der Waals surface area (Å²) in [4.78, 5) is 25.1. The molecule has 116 valence electrons. The number of fused-ring (bicyclic) bond motifs is 3. The lowest BCUT2D eigenvalue weighted by molar-refractivity contribution is -0.0978. The molecule has 0 amide bonds. The van der Waals surface area contributed by atoms with Crippen molar-refractivity contribution in [1.29, 1.82) is 0 Å². The minimum atomic E-state index is -1.74. The maximum absolute atomic E-state index is 12.9. The van der Waals surface area contributed by atoms with Crippen molar-refractivity contribution < 1.29 is 19.1 Å². The molecule has 5 heteroatoms. The fraction of sp³-hybridized carbons (Fsp3) is 0.222. The van der Waals surface area contributed by atoms with Gasteiger partial charge in [0.05, 0.1) is 16.7 Å². The van der Waals surface area contributed by atoms with Gasteiger partial charge in [0, 0.05) is 5.69 Å². The Hall–Kier alpha value is -2.82. The predicted octanol–water partition coefficient (Wildman–Crippen LogP) is 2.99. The molecule has 1 spiro atoms. The number of nitrogens with two attached hydrogens (primary N) is 1. The zero-order valence-electron chi connectivity index (χ0n) is 12.8. The standard InChI is InChI=1S/C18H15NO4/c1-9(2)10-6-7-11-14(8-10)22-18(16(11)20)12-4-3-5-13(19)15(12)17(21)23-18/h3-9H,19H2,1-2H3. The van der Waals surface area contributed by atoms with Gasteiger partial charge in [0.25, 0.3) is 5.78 Å². The molecule has 0 aliphatic carbocycles. The van der Waals surface area contributed by atoms with Gasteiger partial charge in [-0.2, -0.15) is 0 Å². The largest absolute Gasteiger partial charge is 0.441 e. The molecule has 2 aliphatic rings. The highest BCUT2D eigenvalue weighted by Crippen LogP contribution is 2.48. The zero-order valence-corrected chi connectivity index (χ0v) is 12.8. The number of benzene rings is 2. The summed E-state index contributed by atoms with van der Waals surface area (Å²) in [5.74, 6) is -2.02. The number of carbonyl (C=O) groups excluding carboxylic acids is 2. The van der Waals surface area contributed by atoms with Gasteiger partial charge >= 0.3 is 11.8 Å². The second kappa shape index (κ2) is 4.35. The van der Waals surface area contributed by atoms with Crippen molar-refractivity contribution in [2.75, 3.05) is 5.73 Å². The normalized spacial score (nSPS) is 21.3. The van der Waals surface area contributed by atoms with Crippen LogP contribution < -0.4 is 10.5 Å². The summed E-state index contributed by atoms with van der Waals surface area (Å²) in [7, 11) is 0. The molecule has 0 saturated heterocycles. The van der Waals surface area contributed by atoms with Crippen molar-refractivity contribution >= 4 is 17.4 Å². The SMILES string of the molecule is CC(C)c1ccc2c(c1)OC1(OC(=O)c3c(N)cccc31)C2=O. The number of carbonyl (C=O) groups is 2. The number of ether oxygens (including phenoxy) is 2. The summed E-state index contributed by atoms with van der Waals surface area (Å²) < 4.78 is 11.2. The first-order valence-corrected chi connectivity index (χ1v) is 7.44. The third kappa shape index (κ3) is 1.67. The average molecular weight is 309 g/mol. The van der Waals surface area contributed by atoms with E-state index in [1.807, 2.05) is 12.1 Å². The number of rotatable bonds is 1. The van der Waals surface area contributed by atoms with E-state index in [1.165, 1.54) is 0 Å². The molecule has 0 bridgehead atoms. The van der Waals surface area contributed by atoms with E-state index in [0.717, 1.165) is 5.56 Å². The molecule has 1 atom stereocenters. The Morgan fingerprint density at radius 2 is 1.87 bits per heavy atom. The van der Waals surface area contributed by atoms with Gasteiger partial charge in [-0.15, -0.1) is 0 Å². The molecular weight excluding hydrogens is 294 g/mol. The number of hydrogen-bond donors (Lipinski definition) is 1. The van der Waals surface area contributed by atoms with Crippen LogP contribution >= 0.6 is 0 Å². The molecule has 5 nitrogen and oxygen atoms in total. The van der Waals surface area contributed by atoms with Gasteiger partial charge in [0.15, 0.2) is 0 Å². The minimum Gasteiger partial charge on any atom is -0.441 e. The Labute approximate surface area is 133 Å². The van der Waals surface area contributed by atoms with Crippen LogP contribution in [0.3, 0.4) is 0 Å². The number of esters is 1. The maximum Gasteiger partial charge on any atom is 0.347 e. The van der Waals surface area contributed by atoms with Gasteiger partial charge in [0.1, 0.15) is 5.75 Å². The Balaban J connectivity index is 1.89. The van der Waals surface area contributed by atoms with E-state index in [1.54, 1.807) is 24.3 Å². The Kier molecular flexibility index (Phi) is 2.61. The van der Waals surface area contributed by atoms with Gasteiger partial charge in [0.2, 0.25) is 0 Å². The maximum atomic E-state index is 12.9. The fourth-order valence-corrected chi connectivity index (χ4v) is 3.10. The molecule has 2 aromatic carbocycles. The summed E-state index contributed by atoms with van der Waals surface area (Å²) in [5.41, 5.74) is 8.18. The third-order valence-electron chi connectivity index (χ3n) is 4.36. The first-order chi connectivity index (χ1) is 10.9. The Bertz CT molecular complexity index is 871. The molecule has 2 aromatic rings. The third-order valence-corrected chi connectivity index (χ3v) is 4.36. The highest BCUT2D eigenvalue weighted by molar-refractivity contribution is 6.13. The highest BCUT2D eigenvalue weighted by Gasteiger charge is 2.59. The van der Waals surface area contributed by atoms with Crippen molar-refractivity contribution in [1.82, 2.24) is 0 Å². The van der Waals surface area contributed by atoms with E-state index < -0.39 is 11.8 Å². The number of Topliss-reactive ketones (excluding diaryl/α,β-unsaturated/α-hetero) is 1. The first-order valence-electron chi connectivity index (χ1n) is 7.44. The Morgan fingerprint density at radius 3 is 2.61 bits per heavy atom. The molecule has 0 fully saturated rings. The summed E-state index contributed by atoms with van der Waals surface area (Å²) in [6, 6.07) is 10.4. The monoisotopic (exact) mass is 309 g/mol. The van der Waals surface area contributed by atoms with Crippen LogP contribution in [0.15, 0.2) is 36.4 Å². The lowest BCUT2D eigenvalue weighted by Gasteiger charge is -2.20. The molecule has 2 heterocycles. The molecule has 1 unspecified atom stereocenters. The van der Waals surface area contributed by atoms with Gasteiger partial charge in [-0.1, -0.05) is 26.0 Å². The van der Waals surface area contributed by atoms with E-state index in [4.69, 9.17) is 15.2 Å². The van der Waals surface area contributed by atoms with Crippen LogP contribution in [0.4, 0.5) is 5.69 Å². The zero-order chi connectivity index (χ0) is 16.4. The van der Waals surface area contributed by atoms with Crippen molar-refractivity contribution in [2.24, 2.45) is 0 Å². The molecular formula is C18H15NO4. The first kappa shape index (κ1) is 13.8. The van der Waals surface area contributed by atoms with Gasteiger partial charge in [-0.3, -0.25) is 4.79 Å². The fourth-order valence-electron chi connectivity index (χ4n) is 3.10.